The summed E-state index contributed by atoms with van der Waals surface area (Å²) in [5, 5.41) is 0. The van der Waals surface area contributed by atoms with Crippen LogP contribution in [0.15, 0.2) is 0 Å². The van der Waals surface area contributed by atoms with E-state index in [1.807, 2.05) is 0 Å². The molecule has 2 N–H and O–H groups in total. The lowest BCUT2D eigenvalue weighted by molar-refractivity contribution is 0.0352. The second-order valence-corrected chi connectivity index (χ2v) is 3.77. The average Bonchev–Trinajstić information content (AvgIpc) is 1.82. The minimum Gasteiger partial charge on any atom is -0.327 e. The zero-order valence-electron chi connectivity index (χ0n) is 6.65. The highest BCUT2D eigenvalue weighted by Gasteiger charge is 2.44. The largest absolute Gasteiger partial charge is 0.327 e. The van der Waals surface area contributed by atoms with Crippen LogP contribution in [0.5, 0.6) is 0 Å². The summed E-state index contributed by atoms with van der Waals surface area (Å²) in [4.78, 5) is 0. The maximum atomic E-state index is 5.82. The zero-order valence-corrected chi connectivity index (χ0v) is 6.65. The molecule has 0 amide bonds. The Morgan fingerprint density at radius 2 is 2.11 bits per heavy atom. The molecule has 1 nitrogen and oxygen atoms in total. The van der Waals surface area contributed by atoms with E-state index in [1.54, 1.807) is 0 Å². The maximum absolute atomic E-state index is 5.82. The predicted molar refractivity (Wildman–Crippen MR) is 40.2 cm³/mol. The van der Waals surface area contributed by atoms with Crippen molar-refractivity contribution in [3.05, 3.63) is 0 Å². The third kappa shape index (κ3) is 0.877. The molecule has 2 atom stereocenters. The first kappa shape index (κ1) is 7.07. The van der Waals surface area contributed by atoms with Crippen molar-refractivity contribution in [2.45, 2.75) is 39.7 Å². The fraction of sp³-hybridized carbons (Fsp3) is 1.00. The lowest BCUT2D eigenvalue weighted by Crippen LogP contribution is -2.54. The molecule has 1 saturated carbocycles. The maximum Gasteiger partial charge on any atom is 0.00957 e. The molecular weight excluding hydrogens is 110 g/mol. The Kier molecular flexibility index (Phi) is 1.55. The molecule has 1 aliphatic rings. The van der Waals surface area contributed by atoms with E-state index in [0.717, 1.165) is 5.92 Å². The molecule has 0 radical (unpaired) electrons. The third-order valence-corrected chi connectivity index (χ3v) is 3.04. The second kappa shape index (κ2) is 1.98. The van der Waals surface area contributed by atoms with Gasteiger partial charge in [0.15, 0.2) is 0 Å². The summed E-state index contributed by atoms with van der Waals surface area (Å²) >= 11 is 0. The Morgan fingerprint density at radius 1 is 1.56 bits per heavy atom. The first-order valence-electron chi connectivity index (χ1n) is 3.84. The molecule has 0 unspecified atom stereocenters. The quantitative estimate of drug-likeness (QED) is 0.570. The second-order valence-electron chi connectivity index (χ2n) is 3.77. The Bertz CT molecular complexity index is 107. The van der Waals surface area contributed by atoms with Crippen molar-refractivity contribution in [3.8, 4) is 0 Å². The minimum atomic E-state index is 0.425. The summed E-state index contributed by atoms with van der Waals surface area (Å²) in [5.74, 6) is 0.882. The summed E-state index contributed by atoms with van der Waals surface area (Å²) in [6.45, 7) is 6.79. The van der Waals surface area contributed by atoms with Crippen LogP contribution in [0.4, 0.5) is 0 Å². The lowest BCUT2D eigenvalue weighted by Gasteiger charge is -2.50. The molecule has 0 heterocycles. The van der Waals surface area contributed by atoms with Gasteiger partial charge >= 0.3 is 0 Å². The van der Waals surface area contributed by atoms with Gasteiger partial charge in [0.05, 0.1) is 0 Å². The van der Waals surface area contributed by atoms with Crippen LogP contribution < -0.4 is 5.73 Å². The predicted octanol–water partition coefficient (Wildman–Crippen LogP) is 1.77. The van der Waals surface area contributed by atoms with E-state index in [9.17, 15) is 0 Å². The molecule has 0 saturated heterocycles. The van der Waals surface area contributed by atoms with E-state index < -0.39 is 0 Å². The van der Waals surface area contributed by atoms with E-state index in [4.69, 9.17) is 5.73 Å². The standard InChI is InChI=1S/C8H17N/c1-4-6-5-7(9)8(6,2)3/h6-7H,4-5,9H2,1-3H3/t6-,7+/m1/s1. The number of rotatable bonds is 1. The molecule has 1 rings (SSSR count). The summed E-state index contributed by atoms with van der Waals surface area (Å²) < 4.78 is 0. The molecule has 1 heteroatoms. The van der Waals surface area contributed by atoms with E-state index >= 15 is 0 Å². The van der Waals surface area contributed by atoms with Gasteiger partial charge in [-0.05, 0) is 17.8 Å². The highest BCUT2D eigenvalue weighted by Crippen LogP contribution is 2.46. The fourth-order valence-corrected chi connectivity index (χ4v) is 1.75. The summed E-state index contributed by atoms with van der Waals surface area (Å²) in [6.07, 6.45) is 2.53. The van der Waals surface area contributed by atoms with Crippen LogP contribution in [0.25, 0.3) is 0 Å². The van der Waals surface area contributed by atoms with Crippen molar-refractivity contribution >= 4 is 0 Å². The summed E-state index contributed by atoms with van der Waals surface area (Å²) in [7, 11) is 0. The van der Waals surface area contributed by atoms with Crippen molar-refractivity contribution in [3.63, 3.8) is 0 Å². The Balaban J connectivity index is 2.48. The van der Waals surface area contributed by atoms with Crippen molar-refractivity contribution in [2.75, 3.05) is 0 Å². The first-order valence-corrected chi connectivity index (χ1v) is 3.84. The Labute approximate surface area is 57.6 Å². The van der Waals surface area contributed by atoms with Gasteiger partial charge in [-0.15, -0.1) is 0 Å². The zero-order chi connectivity index (χ0) is 7.07. The van der Waals surface area contributed by atoms with Crippen LogP contribution in [0, 0.1) is 11.3 Å². The normalized spacial score (nSPS) is 40.0. The van der Waals surface area contributed by atoms with Crippen LogP contribution in [0.2, 0.25) is 0 Å². The first-order chi connectivity index (χ1) is 4.09. The SMILES string of the molecule is CC[C@@H]1C[C@H](N)C1(C)C. The molecule has 54 valence electrons. The number of nitrogens with two attached hydrogens (primary N) is 1. The molecule has 9 heavy (non-hydrogen) atoms. The fourth-order valence-electron chi connectivity index (χ4n) is 1.75. The van der Waals surface area contributed by atoms with Crippen LogP contribution in [0.1, 0.15) is 33.6 Å². The number of hydrogen-bond acceptors (Lipinski definition) is 1. The summed E-state index contributed by atoms with van der Waals surface area (Å²) in [5.41, 5.74) is 6.25. The van der Waals surface area contributed by atoms with Crippen molar-refractivity contribution in [2.24, 2.45) is 17.1 Å². The molecule has 1 fully saturated rings. The van der Waals surface area contributed by atoms with Gasteiger partial charge in [0.1, 0.15) is 0 Å². The summed E-state index contributed by atoms with van der Waals surface area (Å²) in [6, 6.07) is 0.461. The van der Waals surface area contributed by atoms with E-state index in [-0.39, 0.29) is 0 Å². The topological polar surface area (TPSA) is 26.0 Å². The monoisotopic (exact) mass is 127 g/mol. The van der Waals surface area contributed by atoms with Crippen molar-refractivity contribution in [1.29, 1.82) is 0 Å². The Hall–Kier alpha value is -0.0400. The van der Waals surface area contributed by atoms with Crippen LogP contribution in [-0.4, -0.2) is 6.04 Å². The van der Waals surface area contributed by atoms with E-state index in [1.165, 1.54) is 12.8 Å². The smallest absolute Gasteiger partial charge is 0.00957 e. The van der Waals surface area contributed by atoms with Crippen molar-refractivity contribution < 1.29 is 0 Å². The highest BCUT2D eigenvalue weighted by atomic mass is 14.7. The van der Waals surface area contributed by atoms with Gasteiger partial charge in [-0.3, -0.25) is 0 Å². The lowest BCUT2D eigenvalue weighted by atomic mass is 9.58. The van der Waals surface area contributed by atoms with Gasteiger partial charge in [-0.2, -0.15) is 0 Å². The molecule has 0 aromatic carbocycles. The van der Waals surface area contributed by atoms with Gasteiger partial charge in [0.25, 0.3) is 0 Å². The average molecular weight is 127 g/mol. The molecule has 0 aliphatic heterocycles. The van der Waals surface area contributed by atoms with Crippen molar-refractivity contribution in [1.82, 2.24) is 0 Å². The van der Waals surface area contributed by atoms with Gasteiger partial charge in [0.2, 0.25) is 0 Å². The minimum absolute atomic E-state index is 0.425. The van der Waals surface area contributed by atoms with Gasteiger partial charge in [-0.25, -0.2) is 0 Å². The molecule has 0 aromatic heterocycles. The molecule has 0 aromatic rings. The molecule has 1 aliphatic carbocycles. The third-order valence-electron chi connectivity index (χ3n) is 3.04. The van der Waals surface area contributed by atoms with Gasteiger partial charge in [-0.1, -0.05) is 27.2 Å². The Morgan fingerprint density at radius 3 is 2.22 bits per heavy atom. The van der Waals surface area contributed by atoms with Crippen LogP contribution in [-0.2, 0) is 0 Å². The van der Waals surface area contributed by atoms with Gasteiger partial charge < -0.3 is 5.73 Å². The number of hydrogen-bond donors (Lipinski definition) is 1. The van der Waals surface area contributed by atoms with Crippen LogP contribution in [0.3, 0.4) is 0 Å². The molecular formula is C8H17N. The van der Waals surface area contributed by atoms with Gasteiger partial charge in [0, 0.05) is 6.04 Å². The highest BCUT2D eigenvalue weighted by molar-refractivity contribution is 4.98. The van der Waals surface area contributed by atoms with Crippen LogP contribution >= 0.6 is 0 Å². The van der Waals surface area contributed by atoms with E-state index in [0.29, 0.717) is 11.5 Å². The molecule has 0 spiro atoms. The van der Waals surface area contributed by atoms with E-state index in [2.05, 4.69) is 20.8 Å². The molecule has 0 bridgehead atoms.